The molecule has 2 aliphatic rings. The summed E-state index contributed by atoms with van der Waals surface area (Å²) in [5, 5.41) is 0.756. The third-order valence-corrected chi connectivity index (χ3v) is 7.23. The van der Waals surface area contributed by atoms with Gasteiger partial charge in [-0.05, 0) is 43.5 Å². The van der Waals surface area contributed by atoms with E-state index in [0.29, 0.717) is 29.5 Å². The highest BCUT2D eigenvalue weighted by molar-refractivity contribution is 5.87. The second-order valence-corrected chi connectivity index (χ2v) is 9.87. The minimum atomic E-state index is 0.146. The van der Waals surface area contributed by atoms with Gasteiger partial charge in [-0.15, -0.1) is 0 Å². The van der Waals surface area contributed by atoms with Crippen molar-refractivity contribution in [3.8, 4) is 17.4 Å². The summed E-state index contributed by atoms with van der Waals surface area (Å²) in [6, 6.07) is 5.79. The number of benzene rings is 1. The summed E-state index contributed by atoms with van der Waals surface area (Å²) in [5.74, 6) is 2.87. The number of aromatic nitrogens is 3. The molecule has 3 heterocycles. The number of aromatic amines is 1. The van der Waals surface area contributed by atoms with Gasteiger partial charge in [0.1, 0.15) is 12.1 Å². The number of ether oxygens (including phenoxy) is 3. The number of carbonyl (C=O) groups is 1. The van der Waals surface area contributed by atoms with Crippen LogP contribution in [0.2, 0.25) is 0 Å². The van der Waals surface area contributed by atoms with Crippen molar-refractivity contribution in [3.63, 3.8) is 0 Å². The molecule has 2 aromatic heterocycles. The van der Waals surface area contributed by atoms with E-state index in [4.69, 9.17) is 14.2 Å². The summed E-state index contributed by atoms with van der Waals surface area (Å²) < 4.78 is 18.2. The number of piperazine rings is 1. The molecular formula is C29H35N5O4. The van der Waals surface area contributed by atoms with Crippen LogP contribution < -0.4 is 14.2 Å². The van der Waals surface area contributed by atoms with Crippen LogP contribution in [0.3, 0.4) is 0 Å². The van der Waals surface area contributed by atoms with Crippen LogP contribution in [0.5, 0.6) is 17.4 Å². The van der Waals surface area contributed by atoms with Crippen LogP contribution in [0.1, 0.15) is 31.0 Å². The van der Waals surface area contributed by atoms with Crippen LogP contribution in [0.4, 0.5) is 0 Å². The molecule has 200 valence electrons. The van der Waals surface area contributed by atoms with Crippen molar-refractivity contribution in [1.82, 2.24) is 24.8 Å². The van der Waals surface area contributed by atoms with Gasteiger partial charge in [0.05, 0.1) is 24.6 Å². The third-order valence-electron chi connectivity index (χ3n) is 7.23. The van der Waals surface area contributed by atoms with Crippen LogP contribution in [-0.4, -0.2) is 77.1 Å². The summed E-state index contributed by atoms with van der Waals surface area (Å²) in [6.07, 6.45) is 7.25. The Kier molecular flexibility index (Phi) is 7.64. The number of H-pyrrole nitrogens is 1. The third kappa shape index (κ3) is 5.83. The molecule has 2 fully saturated rings. The molecular weight excluding hydrogens is 482 g/mol. The van der Waals surface area contributed by atoms with Crippen LogP contribution in [-0.2, 0) is 4.79 Å². The molecule has 1 saturated carbocycles. The molecule has 1 unspecified atom stereocenters. The Hall–Kier alpha value is -3.85. The number of fused-ring (bicyclic) bond motifs is 1. The lowest BCUT2D eigenvalue weighted by atomic mass is 10.2. The number of nitrogens with zero attached hydrogens (tertiary/aromatic N) is 4. The van der Waals surface area contributed by atoms with E-state index in [9.17, 15) is 4.79 Å². The van der Waals surface area contributed by atoms with E-state index >= 15 is 0 Å². The molecule has 0 spiro atoms. The maximum absolute atomic E-state index is 11.5. The fourth-order valence-corrected chi connectivity index (χ4v) is 4.74. The molecule has 0 bridgehead atoms. The van der Waals surface area contributed by atoms with Crippen molar-refractivity contribution in [2.24, 2.45) is 5.92 Å². The first kappa shape index (κ1) is 25.8. The maximum atomic E-state index is 11.5. The minimum Gasteiger partial charge on any atom is -0.493 e. The van der Waals surface area contributed by atoms with Gasteiger partial charge in [-0.25, -0.2) is 9.97 Å². The highest BCUT2D eigenvalue weighted by Gasteiger charge is 2.34. The summed E-state index contributed by atoms with van der Waals surface area (Å²) in [7, 11) is 1.62. The van der Waals surface area contributed by atoms with E-state index in [1.165, 1.54) is 6.33 Å². The maximum Gasteiger partial charge on any atom is 0.229 e. The van der Waals surface area contributed by atoms with Crippen molar-refractivity contribution in [1.29, 1.82) is 0 Å². The number of nitrogens with one attached hydrogen (secondary N) is 1. The molecule has 1 atom stereocenters. The monoisotopic (exact) mass is 517 g/mol. The summed E-state index contributed by atoms with van der Waals surface area (Å²) in [5.41, 5.74) is 4.02. The zero-order valence-corrected chi connectivity index (χ0v) is 22.3. The van der Waals surface area contributed by atoms with Crippen molar-refractivity contribution in [2.75, 3.05) is 46.4 Å². The lowest BCUT2D eigenvalue weighted by Gasteiger charge is -2.34. The van der Waals surface area contributed by atoms with E-state index in [1.807, 2.05) is 36.2 Å². The number of aryl methyl sites for hydroxylation is 1. The lowest BCUT2D eigenvalue weighted by Crippen LogP contribution is -2.48. The van der Waals surface area contributed by atoms with Gasteiger partial charge in [0.15, 0.2) is 11.5 Å². The Balaban J connectivity index is 1.30. The fourth-order valence-electron chi connectivity index (χ4n) is 4.74. The number of hydrogen-bond acceptors (Lipinski definition) is 7. The van der Waals surface area contributed by atoms with Crippen molar-refractivity contribution < 1.29 is 19.0 Å². The first-order chi connectivity index (χ1) is 18.4. The van der Waals surface area contributed by atoms with Crippen molar-refractivity contribution >= 4 is 22.9 Å². The fraction of sp³-hybridized carbons (Fsp3) is 0.414. The average molecular weight is 518 g/mol. The summed E-state index contributed by atoms with van der Waals surface area (Å²) in [4.78, 5) is 27.9. The van der Waals surface area contributed by atoms with Crippen molar-refractivity contribution in [2.45, 2.75) is 26.7 Å². The van der Waals surface area contributed by atoms with Gasteiger partial charge in [-0.2, -0.15) is 0 Å². The highest BCUT2D eigenvalue weighted by atomic mass is 16.5. The van der Waals surface area contributed by atoms with Crippen molar-refractivity contribution in [3.05, 3.63) is 59.9 Å². The quantitative estimate of drug-likeness (QED) is 0.245. The predicted molar refractivity (Wildman–Crippen MR) is 146 cm³/mol. The topological polar surface area (TPSA) is 92.8 Å². The van der Waals surface area contributed by atoms with Crippen LogP contribution in [0.15, 0.2) is 48.6 Å². The zero-order valence-electron chi connectivity index (χ0n) is 22.3. The Morgan fingerprint density at radius 3 is 2.66 bits per heavy atom. The molecule has 1 aliphatic heterocycles. The molecule has 1 amide bonds. The molecule has 1 aromatic carbocycles. The Morgan fingerprint density at radius 1 is 1.21 bits per heavy atom. The van der Waals surface area contributed by atoms with Gasteiger partial charge >= 0.3 is 0 Å². The van der Waals surface area contributed by atoms with Gasteiger partial charge in [0.2, 0.25) is 11.8 Å². The van der Waals surface area contributed by atoms with E-state index in [2.05, 4.69) is 32.5 Å². The minimum absolute atomic E-state index is 0.146. The molecule has 5 rings (SSSR count). The van der Waals surface area contributed by atoms with E-state index < -0.39 is 0 Å². The molecule has 38 heavy (non-hydrogen) atoms. The van der Waals surface area contributed by atoms with E-state index in [1.54, 1.807) is 14.0 Å². The number of allylic oxidation sites excluding steroid dienone is 1. The molecule has 1 N–H and O–H groups in total. The lowest BCUT2D eigenvalue weighted by molar-refractivity contribution is -0.130. The SMILES string of the molecule is C=C1CC1/C(=C\c1cc[nH]c1C)Oc1ncnc2cc(OC)c(OCCCN3CCN(C(C)=O)CC3)cc12. The van der Waals surface area contributed by atoms with Gasteiger partial charge in [-0.3, -0.25) is 9.69 Å². The van der Waals surface area contributed by atoms with Gasteiger partial charge in [0.25, 0.3) is 0 Å². The molecule has 1 saturated heterocycles. The Bertz CT molecular complexity index is 1360. The number of hydrogen-bond donors (Lipinski definition) is 1. The average Bonchev–Trinajstić information content (AvgIpc) is 3.52. The second kappa shape index (κ2) is 11.3. The Labute approximate surface area is 223 Å². The smallest absolute Gasteiger partial charge is 0.229 e. The second-order valence-electron chi connectivity index (χ2n) is 9.87. The molecule has 9 heteroatoms. The summed E-state index contributed by atoms with van der Waals surface area (Å²) in [6.45, 7) is 12.6. The van der Waals surface area contributed by atoms with E-state index in [-0.39, 0.29) is 11.8 Å². The van der Waals surface area contributed by atoms with Gasteiger partial charge < -0.3 is 24.1 Å². The normalized spacial score (nSPS) is 18.1. The molecule has 0 radical (unpaired) electrons. The predicted octanol–water partition coefficient (Wildman–Crippen LogP) is 4.20. The number of amides is 1. The number of rotatable bonds is 10. The first-order valence-corrected chi connectivity index (χ1v) is 13.1. The number of carbonyl (C=O) groups excluding carboxylic acids is 1. The van der Waals surface area contributed by atoms with Gasteiger partial charge in [0, 0.05) is 63.5 Å². The number of methoxy groups -OCH3 is 1. The molecule has 3 aromatic rings. The van der Waals surface area contributed by atoms with Crippen LogP contribution in [0.25, 0.3) is 17.0 Å². The first-order valence-electron chi connectivity index (χ1n) is 13.1. The molecule has 9 nitrogen and oxygen atoms in total. The highest BCUT2D eigenvalue weighted by Crippen LogP contribution is 2.44. The largest absolute Gasteiger partial charge is 0.493 e. The zero-order chi connectivity index (χ0) is 26.6. The Morgan fingerprint density at radius 2 is 2.00 bits per heavy atom. The standard InChI is InChI=1S/C29H35N5O4/c1-19-14-23(19)26(15-22-6-7-30-20(22)2)38-29-24-16-28(27(36-4)17-25(24)31-18-32-29)37-13-5-8-33-9-11-34(12-10-33)21(3)35/h6-7,15-18,23,30H,1,5,8-14H2,2-4H3/b26-15+. The van der Waals surface area contributed by atoms with Crippen LogP contribution >= 0.6 is 0 Å². The molecule has 1 aliphatic carbocycles. The van der Waals surface area contributed by atoms with E-state index in [0.717, 1.165) is 73.5 Å². The van der Waals surface area contributed by atoms with Crippen LogP contribution in [0, 0.1) is 12.8 Å². The van der Waals surface area contributed by atoms with Gasteiger partial charge in [-0.1, -0.05) is 12.2 Å². The summed E-state index contributed by atoms with van der Waals surface area (Å²) >= 11 is 0.